The Balaban J connectivity index is 1.41. The van der Waals surface area contributed by atoms with Crippen LogP contribution in [0.3, 0.4) is 0 Å². The van der Waals surface area contributed by atoms with E-state index in [1.54, 1.807) is 37.1 Å². The van der Waals surface area contributed by atoms with Crippen molar-refractivity contribution in [1.82, 2.24) is 29.6 Å². The maximum absolute atomic E-state index is 14.3. The number of nitriles is 1. The van der Waals surface area contributed by atoms with Gasteiger partial charge in [-0.2, -0.15) is 24.1 Å². The molecule has 5 rings (SSSR count). The lowest BCUT2D eigenvalue weighted by Crippen LogP contribution is -2.25. The lowest BCUT2D eigenvalue weighted by molar-refractivity contribution is -0.0364. The number of hydrogen-bond donors (Lipinski definition) is 3. The number of pyridine rings is 1. The predicted octanol–water partition coefficient (Wildman–Crippen LogP) is 3.57. The monoisotopic (exact) mass is 537 g/mol. The molecule has 0 aliphatic carbocycles. The summed E-state index contributed by atoms with van der Waals surface area (Å²) in [5.74, 6) is -1.64. The Morgan fingerprint density at radius 3 is 2.90 bits per heavy atom. The van der Waals surface area contributed by atoms with Crippen LogP contribution >= 0.6 is 0 Å². The lowest BCUT2D eigenvalue weighted by atomic mass is 10.1. The number of nitrogens with zero attached hydrogens (tertiary/aromatic N) is 6. The van der Waals surface area contributed by atoms with Gasteiger partial charge in [0.25, 0.3) is 5.92 Å². The predicted molar refractivity (Wildman–Crippen MR) is 136 cm³/mol. The van der Waals surface area contributed by atoms with Crippen LogP contribution in [0.5, 0.6) is 5.75 Å². The van der Waals surface area contributed by atoms with Gasteiger partial charge >= 0.3 is 0 Å². The first-order valence-electron chi connectivity index (χ1n) is 12.0. The van der Waals surface area contributed by atoms with E-state index in [0.29, 0.717) is 43.2 Å². The molecule has 3 aromatic rings. The number of allylic oxidation sites excluding steroid dienone is 3. The Morgan fingerprint density at radius 2 is 2.21 bits per heavy atom. The van der Waals surface area contributed by atoms with Gasteiger partial charge in [-0.05, 0) is 18.6 Å². The summed E-state index contributed by atoms with van der Waals surface area (Å²) < 4.78 is 47.8. The number of anilines is 2. The SMILES string of the molecule is COCCOC1=CN/C(=C(\C=N)Oc2cnc3nc(Nc4cc5n(n4)CCCC5(F)F)n(C)c3c2C#N)C=C1. The minimum absolute atomic E-state index is 0.115. The van der Waals surface area contributed by atoms with E-state index in [9.17, 15) is 14.0 Å². The number of aryl methyl sites for hydroxylation is 2. The van der Waals surface area contributed by atoms with Crippen molar-refractivity contribution in [3.8, 4) is 11.8 Å². The highest BCUT2D eigenvalue weighted by Gasteiger charge is 2.38. The fourth-order valence-electron chi connectivity index (χ4n) is 4.27. The molecule has 0 radical (unpaired) electrons. The third-order valence-corrected chi connectivity index (χ3v) is 6.19. The summed E-state index contributed by atoms with van der Waals surface area (Å²) >= 11 is 0. The molecule has 0 atom stereocenters. The molecule has 0 aromatic carbocycles. The Hall–Kier alpha value is -4.77. The molecule has 14 heteroatoms. The van der Waals surface area contributed by atoms with Gasteiger partial charge in [0.15, 0.2) is 23.0 Å². The van der Waals surface area contributed by atoms with Gasteiger partial charge in [-0.3, -0.25) is 4.68 Å². The fraction of sp³-hybridized carbons (Fsp3) is 0.320. The number of fused-ring (bicyclic) bond motifs is 2. The van der Waals surface area contributed by atoms with E-state index in [-0.39, 0.29) is 46.6 Å². The summed E-state index contributed by atoms with van der Waals surface area (Å²) in [7, 11) is 3.24. The number of imidazole rings is 1. The molecule has 5 heterocycles. The van der Waals surface area contributed by atoms with Gasteiger partial charge in [0.2, 0.25) is 5.95 Å². The van der Waals surface area contributed by atoms with Crippen molar-refractivity contribution >= 4 is 29.1 Å². The molecular weight excluding hydrogens is 512 g/mol. The van der Waals surface area contributed by atoms with Crippen molar-refractivity contribution in [3.63, 3.8) is 0 Å². The Labute approximate surface area is 221 Å². The number of methoxy groups -OCH3 is 1. The highest BCUT2D eigenvalue weighted by atomic mass is 19.3. The van der Waals surface area contributed by atoms with E-state index in [1.165, 1.54) is 16.9 Å². The number of nitrogens with one attached hydrogen (secondary N) is 3. The van der Waals surface area contributed by atoms with Crippen LogP contribution in [0.25, 0.3) is 11.2 Å². The van der Waals surface area contributed by atoms with Crippen LogP contribution in [0.15, 0.2) is 47.8 Å². The molecule has 12 nitrogen and oxygen atoms in total. The van der Waals surface area contributed by atoms with Crippen LogP contribution in [0.2, 0.25) is 0 Å². The van der Waals surface area contributed by atoms with Crippen molar-refractivity contribution in [1.29, 1.82) is 10.7 Å². The minimum atomic E-state index is -2.95. The Morgan fingerprint density at radius 1 is 1.36 bits per heavy atom. The van der Waals surface area contributed by atoms with Crippen LogP contribution in [-0.4, -0.2) is 50.9 Å². The van der Waals surface area contributed by atoms with Gasteiger partial charge in [0.1, 0.15) is 35.2 Å². The number of aromatic nitrogens is 5. The van der Waals surface area contributed by atoms with Crippen molar-refractivity contribution in [3.05, 3.63) is 59.1 Å². The molecule has 0 saturated heterocycles. The molecule has 0 unspecified atom stereocenters. The highest BCUT2D eigenvalue weighted by molar-refractivity contribution is 5.85. The molecule has 0 saturated carbocycles. The molecule has 0 bridgehead atoms. The Kier molecular flexibility index (Phi) is 6.99. The average molecular weight is 538 g/mol. The smallest absolute Gasteiger partial charge is 0.289 e. The molecule has 39 heavy (non-hydrogen) atoms. The summed E-state index contributed by atoms with van der Waals surface area (Å²) in [5, 5.41) is 28.0. The van der Waals surface area contributed by atoms with E-state index in [0.717, 1.165) is 6.21 Å². The van der Waals surface area contributed by atoms with E-state index in [2.05, 4.69) is 31.8 Å². The highest BCUT2D eigenvalue weighted by Crippen LogP contribution is 2.38. The number of halogens is 2. The third-order valence-electron chi connectivity index (χ3n) is 6.19. The van der Waals surface area contributed by atoms with Crippen LogP contribution < -0.4 is 15.4 Å². The zero-order valence-electron chi connectivity index (χ0n) is 21.2. The van der Waals surface area contributed by atoms with Crippen molar-refractivity contribution < 1.29 is 23.0 Å². The first-order chi connectivity index (χ1) is 18.8. The van der Waals surface area contributed by atoms with E-state index >= 15 is 0 Å². The number of dihydropyridines is 1. The van der Waals surface area contributed by atoms with Crippen molar-refractivity contribution in [2.24, 2.45) is 7.05 Å². The maximum Gasteiger partial charge on any atom is 0.289 e. The normalized spacial score (nSPS) is 17.1. The average Bonchev–Trinajstić information content (AvgIpc) is 3.49. The van der Waals surface area contributed by atoms with Crippen LogP contribution in [-0.2, 0) is 29.0 Å². The topological polar surface area (TPSA) is 148 Å². The second-order valence-corrected chi connectivity index (χ2v) is 8.74. The molecule has 0 amide bonds. The quantitative estimate of drug-likeness (QED) is 0.212. The molecule has 202 valence electrons. The molecule has 0 spiro atoms. The third kappa shape index (κ3) is 5.04. The summed E-state index contributed by atoms with van der Waals surface area (Å²) in [4.78, 5) is 8.73. The fourth-order valence-corrected chi connectivity index (χ4v) is 4.27. The standard InChI is InChI=1S/C25H25F2N9O3/c1-35-22-16(11-28)19(39-18(12-29)17-5-4-15(13-30-17)38-9-8-37-2)14-31-23(22)33-24(35)32-21-10-20-25(26,27)6-3-7-36(20)34-21/h4-5,10,12-14,29-30H,3,6-9H2,1-2H3,(H,31,32,33,34)/b18-17+,29-12?. The van der Waals surface area contributed by atoms with Crippen LogP contribution in [0.4, 0.5) is 20.5 Å². The van der Waals surface area contributed by atoms with Crippen molar-refractivity contribution in [2.45, 2.75) is 25.3 Å². The second kappa shape index (κ2) is 10.5. The molecule has 0 fully saturated rings. The number of ether oxygens (including phenoxy) is 3. The molecule has 3 N–H and O–H groups in total. The number of alkyl halides is 2. The molecule has 2 aliphatic heterocycles. The molecule has 3 aromatic heterocycles. The largest absolute Gasteiger partial charge is 0.490 e. The van der Waals surface area contributed by atoms with Crippen LogP contribution in [0, 0.1) is 16.7 Å². The van der Waals surface area contributed by atoms with Gasteiger partial charge < -0.3 is 34.8 Å². The Bertz CT molecular complexity index is 1560. The van der Waals surface area contributed by atoms with E-state index in [1.807, 2.05) is 0 Å². The number of hydrogen-bond acceptors (Lipinski definition) is 10. The summed E-state index contributed by atoms with van der Waals surface area (Å²) in [6, 6.07) is 3.43. The van der Waals surface area contributed by atoms with Gasteiger partial charge in [-0.15, -0.1) is 0 Å². The summed E-state index contributed by atoms with van der Waals surface area (Å²) in [6.45, 7) is 1.24. The molecular formula is C25H25F2N9O3. The zero-order valence-corrected chi connectivity index (χ0v) is 21.2. The van der Waals surface area contributed by atoms with Gasteiger partial charge in [0.05, 0.1) is 24.7 Å². The molecule has 2 aliphatic rings. The van der Waals surface area contributed by atoms with Crippen molar-refractivity contribution in [2.75, 3.05) is 25.6 Å². The van der Waals surface area contributed by atoms with E-state index in [4.69, 9.17) is 19.6 Å². The van der Waals surface area contributed by atoms with E-state index < -0.39 is 5.92 Å². The maximum atomic E-state index is 14.3. The zero-order chi connectivity index (χ0) is 27.6. The first kappa shape index (κ1) is 25.9. The van der Waals surface area contributed by atoms with Gasteiger partial charge in [-0.25, -0.2) is 4.98 Å². The first-order valence-corrected chi connectivity index (χ1v) is 12.0. The minimum Gasteiger partial charge on any atom is -0.490 e. The number of rotatable bonds is 9. The van der Waals surface area contributed by atoms with Gasteiger partial charge in [-0.1, -0.05) is 0 Å². The van der Waals surface area contributed by atoms with Crippen LogP contribution in [0.1, 0.15) is 24.1 Å². The lowest BCUT2D eigenvalue weighted by Gasteiger charge is -2.22. The second-order valence-electron chi connectivity index (χ2n) is 8.74. The summed E-state index contributed by atoms with van der Waals surface area (Å²) in [5.41, 5.74) is 1.07. The summed E-state index contributed by atoms with van der Waals surface area (Å²) in [6.07, 6.45) is 7.48. The van der Waals surface area contributed by atoms with Gasteiger partial charge in [0, 0.05) is 39.4 Å².